The maximum Gasteiger partial charge on any atom is 0.127 e. The molecule has 41 heavy (non-hydrogen) atoms. The van der Waals surface area contributed by atoms with Gasteiger partial charge in [-0.25, -0.2) is 0 Å². The molecule has 2 rings (SSSR count). The molecule has 234 valence electrons. The van der Waals surface area contributed by atoms with E-state index in [1.165, 1.54) is 24.6 Å². The van der Waals surface area contributed by atoms with Crippen molar-refractivity contribution in [1.82, 2.24) is 0 Å². The molecule has 1 N–H and O–H groups in total. The van der Waals surface area contributed by atoms with E-state index in [1.54, 1.807) is 6.07 Å². The third kappa shape index (κ3) is 17.4. The Morgan fingerprint density at radius 3 is 1.49 bits per heavy atom. The number of phenols is 1. The zero-order chi connectivity index (χ0) is 30.3. The first-order chi connectivity index (χ1) is 19.3. The topological polar surface area (TPSA) is 29.5 Å². The van der Waals surface area contributed by atoms with Crippen LogP contribution >= 0.6 is 47.8 Å². The van der Waals surface area contributed by atoms with E-state index in [4.69, 9.17) is 4.74 Å². The highest BCUT2D eigenvalue weighted by molar-refractivity contribution is 9.09. The van der Waals surface area contributed by atoms with Gasteiger partial charge in [-0.15, -0.1) is 13.2 Å². The minimum absolute atomic E-state index is 0. The van der Waals surface area contributed by atoms with Crippen molar-refractivity contribution >= 4 is 47.8 Å². The standard InChI is InChI=1S/C24H30O2.C6H13Br.C5H10Br2.BrH/c1-5-9-19-11-13-23(25)21(15-19)22-16-20(10-6-2)12-14-24(22)26-17-18(7-3)8-4;1-3-6(4-2)5-7;1-2-5(3-6)4-7;/h5-6,11-16,18,25H,1-2,7-10,17H2,3-4H3;6H,3-5H2,1-2H3;5H,2-4H2,1H3;1H/p-1. The molecule has 0 spiro atoms. The van der Waals surface area contributed by atoms with Gasteiger partial charge in [0.05, 0.1) is 6.61 Å². The highest BCUT2D eigenvalue weighted by Gasteiger charge is 2.14. The number of ether oxygens (including phenoxy) is 1. The van der Waals surface area contributed by atoms with Crippen molar-refractivity contribution < 1.29 is 26.8 Å². The fraction of sp³-hybridized carbons (Fsp3) is 0.543. The van der Waals surface area contributed by atoms with E-state index < -0.39 is 0 Å². The van der Waals surface area contributed by atoms with E-state index in [2.05, 4.69) is 108 Å². The molecule has 0 heterocycles. The van der Waals surface area contributed by atoms with E-state index in [-0.39, 0.29) is 22.7 Å². The summed E-state index contributed by atoms with van der Waals surface area (Å²) in [6.07, 6.45) is 11.4. The van der Waals surface area contributed by atoms with Gasteiger partial charge in [0.1, 0.15) is 11.5 Å². The smallest absolute Gasteiger partial charge is 0.127 e. The van der Waals surface area contributed by atoms with Crippen LogP contribution in [0.3, 0.4) is 0 Å². The molecule has 0 saturated heterocycles. The summed E-state index contributed by atoms with van der Waals surface area (Å²) >= 11 is 10.2. The molecule has 2 aromatic carbocycles. The fourth-order valence-corrected chi connectivity index (χ4v) is 6.70. The van der Waals surface area contributed by atoms with Crippen LogP contribution in [0, 0.1) is 17.8 Å². The number of halogens is 4. The van der Waals surface area contributed by atoms with E-state index in [0.29, 0.717) is 12.5 Å². The summed E-state index contributed by atoms with van der Waals surface area (Å²) in [5, 5.41) is 13.9. The Morgan fingerprint density at radius 1 is 0.683 bits per heavy atom. The maximum absolute atomic E-state index is 10.5. The monoisotopic (exact) mass is 821 g/mol. The number of allylic oxidation sites excluding steroid dienone is 2. The first-order valence-electron chi connectivity index (χ1n) is 14.8. The summed E-state index contributed by atoms with van der Waals surface area (Å²) < 4.78 is 6.17. The minimum atomic E-state index is 0. The van der Waals surface area contributed by atoms with Crippen LogP contribution in [0.1, 0.15) is 77.8 Å². The Balaban J connectivity index is 0. The van der Waals surface area contributed by atoms with Gasteiger partial charge >= 0.3 is 0 Å². The summed E-state index contributed by atoms with van der Waals surface area (Å²) in [5.74, 6) is 3.34. The first-order valence-corrected chi connectivity index (χ1v) is 18.2. The summed E-state index contributed by atoms with van der Waals surface area (Å²) in [6, 6.07) is 11.9. The van der Waals surface area contributed by atoms with Crippen LogP contribution in [0.4, 0.5) is 0 Å². The van der Waals surface area contributed by atoms with E-state index >= 15 is 0 Å². The Bertz CT molecular complexity index is 913. The van der Waals surface area contributed by atoms with Gasteiger partial charge < -0.3 is 26.8 Å². The highest BCUT2D eigenvalue weighted by atomic mass is 79.9. The Labute approximate surface area is 288 Å². The Hall–Kier alpha value is -0.560. The lowest BCUT2D eigenvalue weighted by Gasteiger charge is -2.18. The van der Waals surface area contributed by atoms with Crippen LogP contribution in [-0.2, 0) is 12.8 Å². The molecule has 0 aliphatic carbocycles. The maximum atomic E-state index is 10.5. The quantitative estimate of drug-likeness (QED) is 0.135. The minimum Gasteiger partial charge on any atom is -1.00 e. The number of rotatable bonds is 16. The number of phenolic OH excluding ortho intramolecular Hbond substituents is 1. The van der Waals surface area contributed by atoms with Crippen molar-refractivity contribution in [3.8, 4) is 22.6 Å². The van der Waals surface area contributed by atoms with Crippen molar-refractivity contribution in [2.75, 3.05) is 22.6 Å². The molecule has 0 bridgehead atoms. The molecule has 0 atom stereocenters. The van der Waals surface area contributed by atoms with E-state index in [1.807, 2.05) is 30.4 Å². The molecule has 0 fully saturated rings. The summed E-state index contributed by atoms with van der Waals surface area (Å²) in [4.78, 5) is 0. The molecular weight excluding hydrogens is 772 g/mol. The molecule has 2 aromatic rings. The van der Waals surface area contributed by atoms with Gasteiger partial charge in [-0.3, -0.25) is 0 Å². The SMILES string of the molecule is C=CCc1ccc(O)c(-c2cc(CC=C)ccc2OCC(CC)CC)c1.CCC(CBr)CBr.CCC(CC)CBr.[Br-]. The summed E-state index contributed by atoms with van der Waals surface area (Å²) in [5.41, 5.74) is 4.00. The van der Waals surface area contributed by atoms with Gasteiger partial charge in [-0.1, -0.05) is 139 Å². The Morgan fingerprint density at radius 2 is 1.12 bits per heavy atom. The summed E-state index contributed by atoms with van der Waals surface area (Å²) in [6.45, 7) is 19.4. The molecule has 0 unspecified atom stereocenters. The number of benzene rings is 2. The molecule has 6 heteroatoms. The zero-order valence-corrected chi connectivity index (χ0v) is 32.3. The molecule has 0 aromatic heterocycles. The molecular formula is C35H53Br4O2-. The van der Waals surface area contributed by atoms with Crippen molar-refractivity contribution in [1.29, 1.82) is 0 Å². The van der Waals surface area contributed by atoms with Crippen LogP contribution in [0.5, 0.6) is 11.5 Å². The number of alkyl halides is 3. The van der Waals surface area contributed by atoms with Gasteiger partial charge in [0.25, 0.3) is 0 Å². The highest BCUT2D eigenvalue weighted by Crippen LogP contribution is 2.38. The third-order valence-electron chi connectivity index (χ3n) is 7.17. The average Bonchev–Trinajstić information content (AvgIpc) is 2.98. The van der Waals surface area contributed by atoms with E-state index in [9.17, 15) is 5.11 Å². The lowest BCUT2D eigenvalue weighted by Crippen LogP contribution is -3.00. The summed E-state index contributed by atoms with van der Waals surface area (Å²) in [7, 11) is 0. The molecule has 0 saturated carbocycles. The Kier molecular flexibility index (Phi) is 28.1. The second-order valence-corrected chi connectivity index (χ2v) is 12.0. The van der Waals surface area contributed by atoms with Crippen molar-refractivity contribution in [3.63, 3.8) is 0 Å². The molecule has 0 amide bonds. The largest absolute Gasteiger partial charge is 1.00 e. The van der Waals surface area contributed by atoms with Gasteiger partial charge in [0.15, 0.2) is 0 Å². The average molecular weight is 825 g/mol. The van der Waals surface area contributed by atoms with E-state index in [0.717, 1.165) is 76.2 Å². The van der Waals surface area contributed by atoms with Crippen LogP contribution in [0.2, 0.25) is 0 Å². The van der Waals surface area contributed by atoms with Gasteiger partial charge in [-0.2, -0.15) is 0 Å². The van der Waals surface area contributed by atoms with Gasteiger partial charge in [0, 0.05) is 27.1 Å². The number of hydrogen-bond acceptors (Lipinski definition) is 2. The molecule has 0 radical (unpaired) electrons. The predicted octanol–water partition coefficient (Wildman–Crippen LogP) is 8.96. The number of hydrogen-bond donors (Lipinski definition) is 1. The fourth-order valence-electron chi connectivity index (χ4n) is 3.80. The lowest BCUT2D eigenvalue weighted by molar-refractivity contribution is -0.00000970. The van der Waals surface area contributed by atoms with Crippen LogP contribution in [-0.4, -0.2) is 27.7 Å². The van der Waals surface area contributed by atoms with Crippen molar-refractivity contribution in [2.24, 2.45) is 17.8 Å². The van der Waals surface area contributed by atoms with Crippen molar-refractivity contribution in [3.05, 3.63) is 72.8 Å². The molecule has 0 aliphatic rings. The third-order valence-corrected chi connectivity index (χ3v) is 9.92. The lowest BCUT2D eigenvalue weighted by atomic mass is 9.97. The second-order valence-electron chi connectivity index (χ2n) is 10.1. The second kappa shape index (κ2) is 27.0. The van der Waals surface area contributed by atoms with Crippen LogP contribution in [0.15, 0.2) is 61.7 Å². The molecule has 2 nitrogen and oxygen atoms in total. The zero-order valence-electron chi connectivity index (χ0n) is 25.9. The number of aromatic hydroxyl groups is 1. The normalized spacial score (nSPS) is 10.3. The predicted molar refractivity (Wildman–Crippen MR) is 190 cm³/mol. The molecule has 0 aliphatic heterocycles. The van der Waals surface area contributed by atoms with Crippen LogP contribution in [0.25, 0.3) is 11.1 Å². The first kappa shape index (κ1) is 42.6. The van der Waals surface area contributed by atoms with Crippen molar-refractivity contribution in [2.45, 2.75) is 79.6 Å². The van der Waals surface area contributed by atoms with Crippen LogP contribution < -0.4 is 21.7 Å². The van der Waals surface area contributed by atoms with Gasteiger partial charge in [-0.05, 0) is 66.0 Å². The van der Waals surface area contributed by atoms with Gasteiger partial charge in [0.2, 0.25) is 0 Å².